The average molecular weight is 1070 g/mol. The fraction of sp³-hybridized carbons (Fsp3) is 0.0811. The predicted molar refractivity (Wildman–Crippen MR) is 325 cm³/mol. The van der Waals surface area contributed by atoms with Crippen molar-refractivity contribution >= 4 is 61.2 Å². The maximum atomic E-state index is 2.75. The first-order valence-electron chi connectivity index (χ1n) is 27.2. The van der Waals surface area contributed by atoms with Crippen molar-refractivity contribution in [3.63, 3.8) is 0 Å². The Morgan fingerprint density at radius 3 is 0.921 bits per heavy atom. The van der Waals surface area contributed by atoms with Gasteiger partial charge in [0, 0.05) is 0 Å². The molecule has 0 aliphatic heterocycles. The molecule has 361 valence electrons. The molecule has 0 saturated carbocycles. The van der Waals surface area contributed by atoms with Crippen LogP contribution in [0.4, 0.5) is 0 Å². The summed E-state index contributed by atoms with van der Waals surface area (Å²) in [4.78, 5) is 0. The van der Waals surface area contributed by atoms with Crippen molar-refractivity contribution in [1.82, 2.24) is 0 Å². The molecule has 0 fully saturated rings. The molecular weight excluding hydrogens is 1010 g/mol. The van der Waals surface area contributed by atoms with Gasteiger partial charge in [-0.2, -0.15) is 0 Å². The van der Waals surface area contributed by atoms with E-state index in [1.54, 1.807) is 22.3 Å². The zero-order chi connectivity index (χ0) is 50.7. The number of benzene rings is 12. The monoisotopic (exact) mass is 1060 g/mol. The minimum atomic E-state index is -3.01. The summed E-state index contributed by atoms with van der Waals surface area (Å²) in [5.74, 6) is -1.47. The van der Waals surface area contributed by atoms with Crippen molar-refractivity contribution in [2.24, 2.45) is 0 Å². The van der Waals surface area contributed by atoms with Crippen LogP contribution in [0.25, 0.3) is 99.7 Å². The van der Waals surface area contributed by atoms with Gasteiger partial charge in [0.25, 0.3) is 0 Å². The molecule has 76 heavy (non-hydrogen) atoms. The minimum absolute atomic E-state index is 0.324. The Morgan fingerprint density at radius 2 is 0.579 bits per heavy atom. The fourth-order valence-electron chi connectivity index (χ4n) is 13.5. The molecular formula is C74H57SiZr. The first-order chi connectivity index (χ1) is 37.6. The molecule has 12 aromatic rings. The number of rotatable bonds is 11. The second-order valence-electron chi connectivity index (χ2n) is 21.4. The van der Waals surface area contributed by atoms with Gasteiger partial charge in [0.05, 0.1) is 0 Å². The van der Waals surface area contributed by atoms with Crippen LogP contribution in [0, 0.1) is 0 Å². The summed E-state index contributed by atoms with van der Waals surface area (Å²) in [6.45, 7) is 5.51. The molecule has 0 spiro atoms. The number of fused-ring (bicyclic) bond motifs is 6. The van der Waals surface area contributed by atoms with Gasteiger partial charge in [0.2, 0.25) is 0 Å². The molecule has 0 aromatic heterocycles. The molecule has 0 bridgehead atoms. The van der Waals surface area contributed by atoms with Crippen molar-refractivity contribution in [2.75, 3.05) is 0 Å². The molecule has 12 aromatic carbocycles. The van der Waals surface area contributed by atoms with Crippen LogP contribution in [0.5, 0.6) is 0 Å². The van der Waals surface area contributed by atoms with Gasteiger partial charge in [-0.1, -0.05) is 0 Å². The molecule has 0 N–H and O–H groups in total. The number of hydrogen-bond donors (Lipinski definition) is 0. The molecule has 14 rings (SSSR count). The van der Waals surface area contributed by atoms with Crippen LogP contribution in [-0.4, -0.2) is 5.92 Å². The molecule has 0 radical (unpaired) electrons. The van der Waals surface area contributed by atoms with E-state index in [0.717, 1.165) is 12.8 Å². The second-order valence-corrected chi connectivity index (χ2v) is 41.4. The van der Waals surface area contributed by atoms with Crippen LogP contribution < -0.4 is 0 Å². The van der Waals surface area contributed by atoms with Gasteiger partial charge < -0.3 is 0 Å². The zero-order valence-corrected chi connectivity index (χ0v) is 46.7. The Bertz CT molecular complexity index is 3980. The van der Waals surface area contributed by atoms with E-state index in [-0.39, 0.29) is 0 Å². The molecule has 2 atom stereocenters. The Hall–Kier alpha value is -7.74. The molecule has 0 heterocycles. The quantitative estimate of drug-likeness (QED) is 0.113. The van der Waals surface area contributed by atoms with E-state index in [4.69, 9.17) is 0 Å². The molecule has 2 unspecified atom stereocenters. The van der Waals surface area contributed by atoms with E-state index in [2.05, 4.69) is 280 Å². The summed E-state index contributed by atoms with van der Waals surface area (Å²) in [5, 5.41) is 10.4. The maximum absolute atomic E-state index is 3.01. The van der Waals surface area contributed by atoms with Crippen molar-refractivity contribution in [3.8, 4) is 44.5 Å². The Kier molecular flexibility index (Phi) is 12.2. The molecule has 0 nitrogen and oxygen atoms in total. The van der Waals surface area contributed by atoms with Crippen molar-refractivity contribution in [3.05, 3.63) is 299 Å². The van der Waals surface area contributed by atoms with E-state index in [9.17, 15) is 0 Å². The van der Waals surface area contributed by atoms with Gasteiger partial charge in [-0.05, 0) is 0 Å². The van der Waals surface area contributed by atoms with Gasteiger partial charge in [0.1, 0.15) is 0 Å². The predicted octanol–water partition coefficient (Wildman–Crippen LogP) is 19.6. The Labute approximate surface area is 455 Å². The van der Waals surface area contributed by atoms with Gasteiger partial charge in [0.15, 0.2) is 0 Å². The Balaban J connectivity index is 1.09. The van der Waals surface area contributed by atoms with E-state index in [1.165, 1.54) is 110 Å². The zero-order valence-electron chi connectivity index (χ0n) is 43.0. The van der Waals surface area contributed by atoms with Crippen LogP contribution in [0.15, 0.2) is 266 Å². The van der Waals surface area contributed by atoms with Crippen molar-refractivity contribution in [2.45, 2.75) is 33.2 Å². The number of hydrogen-bond acceptors (Lipinski definition) is 0. The van der Waals surface area contributed by atoms with Crippen LogP contribution in [0.2, 0.25) is 13.1 Å². The molecule has 2 aliphatic rings. The third-order valence-electron chi connectivity index (χ3n) is 16.7. The summed E-state index contributed by atoms with van der Waals surface area (Å²) in [7, 11) is 0. The second kappa shape index (κ2) is 19.8. The first-order valence-corrected chi connectivity index (χ1v) is 37.2. The fourth-order valence-corrected chi connectivity index (χ4v) is 36.1. The Morgan fingerprint density at radius 1 is 0.289 bits per heavy atom. The van der Waals surface area contributed by atoms with Crippen molar-refractivity contribution < 1.29 is 20.9 Å². The normalized spacial score (nSPS) is 14.8. The van der Waals surface area contributed by atoms with E-state index in [1.807, 2.05) is 0 Å². The van der Waals surface area contributed by atoms with Gasteiger partial charge >= 0.3 is 459 Å². The summed E-state index contributed by atoms with van der Waals surface area (Å²) >= 11 is -3.01. The van der Waals surface area contributed by atoms with Crippen LogP contribution >= 0.6 is 0 Å². The molecule has 2 aliphatic carbocycles. The van der Waals surface area contributed by atoms with Crippen LogP contribution in [0.1, 0.15) is 40.6 Å². The number of allylic oxidation sites excluding steroid dienone is 2. The average Bonchev–Trinajstić information content (AvgIpc) is 4.15. The third kappa shape index (κ3) is 8.13. The summed E-state index contributed by atoms with van der Waals surface area (Å²) < 4.78 is 0.648. The van der Waals surface area contributed by atoms with E-state index in [0.29, 0.717) is 7.25 Å². The van der Waals surface area contributed by atoms with Crippen molar-refractivity contribution in [1.29, 1.82) is 0 Å². The third-order valence-corrected chi connectivity index (χ3v) is 38.3. The summed E-state index contributed by atoms with van der Waals surface area (Å²) in [6, 6.07) is 96.8. The SMILES string of the molecule is C[SiH](C)[Zr]([CH]1C(Cc2ccccc2)=Cc2c(-c3cccc4ccccc34)ccc(-c3cccc4ccccc34)c21)[CH]1C(Cc2ccccc2)=Cc2c(-c3cccc4ccccc34)ccc(-c3cccc4ccccc34)c21. The standard InChI is InChI=1S/2C36H25.C2H7Si.Zr/c2*1-2-10-25(11-3-1)22-26-23-35-33(31-18-8-14-27-12-4-6-16-29(27)31)20-21-34(36(35)24-26)32-19-9-15-28-13-5-7-17-30(28)32;1-3-2;/h2*1-21,23-24H,22H2;3H,1-2H3;. The first kappa shape index (κ1) is 46.8. The van der Waals surface area contributed by atoms with Gasteiger partial charge in [-0.3, -0.25) is 0 Å². The molecule has 2 heteroatoms. The summed E-state index contributed by atoms with van der Waals surface area (Å²) in [6.07, 6.45) is 7.31. The summed E-state index contributed by atoms with van der Waals surface area (Å²) in [5.41, 5.74) is 22.8. The molecule has 0 amide bonds. The van der Waals surface area contributed by atoms with Crippen LogP contribution in [0.3, 0.4) is 0 Å². The van der Waals surface area contributed by atoms with Crippen LogP contribution in [-0.2, 0) is 33.8 Å². The molecule has 0 saturated heterocycles. The van der Waals surface area contributed by atoms with E-state index < -0.39 is 26.8 Å². The van der Waals surface area contributed by atoms with E-state index >= 15 is 0 Å². The van der Waals surface area contributed by atoms with Gasteiger partial charge in [-0.15, -0.1) is 0 Å². The van der Waals surface area contributed by atoms with Gasteiger partial charge in [-0.25, -0.2) is 0 Å². The topological polar surface area (TPSA) is 0 Å².